The Morgan fingerprint density at radius 2 is 1.96 bits per heavy atom. The number of rotatable bonds is 6. The van der Waals surface area contributed by atoms with Crippen molar-refractivity contribution in [2.45, 2.75) is 23.8 Å². The van der Waals surface area contributed by atoms with E-state index in [2.05, 4.69) is 10.0 Å². The van der Waals surface area contributed by atoms with E-state index in [-0.39, 0.29) is 33.2 Å². The number of hydrogen-bond donors (Lipinski definition) is 2. The first-order valence-corrected chi connectivity index (χ1v) is 10.2. The number of carbonyl (C=O) groups is 1. The SMILES string of the molecule is O=C(NC[C@H]1CCCO1)c1ccc(Cl)c(NS(=O)(=O)c2ccc(F)cc2)c1. The molecule has 144 valence electrons. The van der Waals surface area contributed by atoms with E-state index in [4.69, 9.17) is 16.3 Å². The highest BCUT2D eigenvalue weighted by Crippen LogP contribution is 2.26. The van der Waals surface area contributed by atoms with Gasteiger partial charge in [-0.05, 0) is 55.3 Å². The van der Waals surface area contributed by atoms with E-state index in [9.17, 15) is 17.6 Å². The van der Waals surface area contributed by atoms with Crippen molar-refractivity contribution < 1.29 is 22.3 Å². The summed E-state index contributed by atoms with van der Waals surface area (Å²) in [5.41, 5.74) is 0.319. The molecule has 1 heterocycles. The number of hydrogen-bond acceptors (Lipinski definition) is 4. The van der Waals surface area contributed by atoms with Gasteiger partial charge in [0.25, 0.3) is 15.9 Å². The van der Waals surface area contributed by atoms with E-state index < -0.39 is 15.8 Å². The van der Waals surface area contributed by atoms with Gasteiger partial charge >= 0.3 is 0 Å². The molecule has 2 aromatic carbocycles. The van der Waals surface area contributed by atoms with E-state index in [1.165, 1.54) is 18.2 Å². The fraction of sp³-hybridized carbons (Fsp3) is 0.278. The predicted octanol–water partition coefficient (Wildman–Crippen LogP) is 3.19. The second-order valence-electron chi connectivity index (χ2n) is 6.10. The quantitative estimate of drug-likeness (QED) is 0.763. The minimum atomic E-state index is -3.97. The van der Waals surface area contributed by atoms with E-state index >= 15 is 0 Å². The largest absolute Gasteiger partial charge is 0.376 e. The number of halogens is 2. The zero-order valence-corrected chi connectivity index (χ0v) is 15.8. The molecule has 0 bridgehead atoms. The van der Waals surface area contributed by atoms with E-state index in [1.807, 2.05) is 0 Å². The number of ether oxygens (including phenoxy) is 1. The molecule has 27 heavy (non-hydrogen) atoms. The number of nitrogens with one attached hydrogen (secondary N) is 2. The van der Waals surface area contributed by atoms with Gasteiger partial charge in [-0.15, -0.1) is 0 Å². The van der Waals surface area contributed by atoms with Gasteiger partial charge in [0.2, 0.25) is 0 Å². The molecular weight excluding hydrogens is 395 g/mol. The normalized spacial score (nSPS) is 16.9. The third-order valence-electron chi connectivity index (χ3n) is 4.11. The van der Waals surface area contributed by atoms with Crippen molar-refractivity contribution in [1.29, 1.82) is 0 Å². The van der Waals surface area contributed by atoms with Crippen molar-refractivity contribution in [2.75, 3.05) is 17.9 Å². The molecule has 1 amide bonds. The molecule has 0 spiro atoms. The Balaban J connectivity index is 1.74. The molecule has 2 N–H and O–H groups in total. The highest BCUT2D eigenvalue weighted by Gasteiger charge is 2.19. The molecule has 2 aromatic rings. The minimum absolute atomic E-state index is 0.00213. The van der Waals surface area contributed by atoms with Crippen LogP contribution in [0.1, 0.15) is 23.2 Å². The number of anilines is 1. The van der Waals surface area contributed by atoms with E-state index in [0.717, 1.165) is 37.1 Å². The van der Waals surface area contributed by atoms with Crippen LogP contribution in [0.2, 0.25) is 5.02 Å². The maximum Gasteiger partial charge on any atom is 0.261 e. The van der Waals surface area contributed by atoms with E-state index in [1.54, 1.807) is 0 Å². The minimum Gasteiger partial charge on any atom is -0.376 e. The van der Waals surface area contributed by atoms with Gasteiger partial charge < -0.3 is 10.1 Å². The standard InChI is InChI=1S/C18H18ClFN2O4S/c19-16-8-3-12(18(23)21-11-14-2-1-9-26-14)10-17(16)22-27(24,25)15-6-4-13(20)5-7-15/h3-8,10,14,22H,1-2,9,11H2,(H,21,23)/t14-/m1/s1. The smallest absolute Gasteiger partial charge is 0.261 e. The van der Waals surface area contributed by atoms with Crippen LogP contribution in [0.5, 0.6) is 0 Å². The third kappa shape index (κ3) is 4.97. The first-order chi connectivity index (χ1) is 12.8. The molecular formula is C18H18ClFN2O4S. The van der Waals surface area contributed by atoms with Crippen LogP contribution >= 0.6 is 11.6 Å². The monoisotopic (exact) mass is 412 g/mol. The first kappa shape index (κ1) is 19.6. The Labute approximate surface area is 161 Å². The summed E-state index contributed by atoms with van der Waals surface area (Å²) in [6.07, 6.45) is 1.86. The molecule has 0 radical (unpaired) electrons. The predicted molar refractivity (Wildman–Crippen MR) is 100.0 cm³/mol. The van der Waals surface area contributed by atoms with Gasteiger partial charge in [0.1, 0.15) is 5.82 Å². The van der Waals surface area contributed by atoms with Gasteiger partial charge in [0.15, 0.2) is 0 Å². The lowest BCUT2D eigenvalue weighted by Gasteiger charge is -2.13. The average Bonchev–Trinajstić information content (AvgIpc) is 3.15. The van der Waals surface area contributed by atoms with Crippen LogP contribution in [-0.4, -0.2) is 33.6 Å². The molecule has 1 atom stereocenters. The van der Waals surface area contributed by atoms with Gasteiger partial charge in [0, 0.05) is 18.7 Å². The third-order valence-corrected chi connectivity index (χ3v) is 5.82. The molecule has 0 aromatic heterocycles. The first-order valence-electron chi connectivity index (χ1n) is 8.33. The van der Waals surface area contributed by atoms with Gasteiger partial charge in [-0.2, -0.15) is 0 Å². The zero-order chi connectivity index (χ0) is 19.4. The zero-order valence-electron chi connectivity index (χ0n) is 14.2. The average molecular weight is 413 g/mol. The topological polar surface area (TPSA) is 84.5 Å². The summed E-state index contributed by atoms with van der Waals surface area (Å²) in [6.45, 7) is 1.08. The number of sulfonamides is 1. The fourth-order valence-corrected chi connectivity index (χ4v) is 3.97. The molecule has 3 rings (SSSR count). The summed E-state index contributed by atoms with van der Waals surface area (Å²) in [4.78, 5) is 12.2. The fourth-order valence-electron chi connectivity index (χ4n) is 2.68. The molecule has 9 heteroatoms. The van der Waals surface area contributed by atoms with Gasteiger partial charge in [-0.25, -0.2) is 12.8 Å². The Hall–Kier alpha value is -2.16. The van der Waals surface area contributed by atoms with E-state index in [0.29, 0.717) is 13.2 Å². The van der Waals surface area contributed by atoms with Crippen molar-refractivity contribution in [1.82, 2.24) is 5.32 Å². The van der Waals surface area contributed by atoms with Crippen LogP contribution in [0.3, 0.4) is 0 Å². The van der Waals surface area contributed by atoms with Crippen LogP contribution in [0.25, 0.3) is 0 Å². The molecule has 6 nitrogen and oxygen atoms in total. The summed E-state index contributed by atoms with van der Waals surface area (Å²) >= 11 is 6.06. The summed E-state index contributed by atoms with van der Waals surface area (Å²) in [7, 11) is -3.97. The van der Waals surface area contributed by atoms with Crippen LogP contribution in [-0.2, 0) is 14.8 Å². The Kier molecular flexibility index (Phi) is 5.98. The van der Waals surface area contributed by atoms with Crippen LogP contribution < -0.4 is 10.0 Å². The Morgan fingerprint density at radius 1 is 1.22 bits per heavy atom. The maximum atomic E-state index is 13.0. The molecule has 1 aliphatic heterocycles. The van der Waals surface area contributed by atoms with Crippen LogP contribution in [0.4, 0.5) is 10.1 Å². The van der Waals surface area contributed by atoms with Crippen molar-refractivity contribution in [3.8, 4) is 0 Å². The van der Waals surface area contributed by atoms with Crippen LogP contribution in [0, 0.1) is 5.82 Å². The highest BCUT2D eigenvalue weighted by atomic mass is 35.5. The molecule has 0 saturated carbocycles. The molecule has 1 aliphatic rings. The summed E-state index contributed by atoms with van der Waals surface area (Å²) < 4.78 is 45.7. The van der Waals surface area contributed by atoms with Crippen molar-refractivity contribution in [3.63, 3.8) is 0 Å². The molecule has 0 unspecified atom stereocenters. The van der Waals surface area contributed by atoms with Crippen molar-refractivity contribution in [3.05, 3.63) is 58.9 Å². The molecule has 1 saturated heterocycles. The lowest BCUT2D eigenvalue weighted by molar-refractivity contribution is 0.0858. The maximum absolute atomic E-state index is 13.0. The summed E-state index contributed by atoms with van der Waals surface area (Å²) in [6, 6.07) is 8.67. The second-order valence-corrected chi connectivity index (χ2v) is 8.19. The number of benzene rings is 2. The number of amides is 1. The Morgan fingerprint density at radius 3 is 2.63 bits per heavy atom. The summed E-state index contributed by atoms with van der Waals surface area (Å²) in [5, 5.41) is 2.90. The highest BCUT2D eigenvalue weighted by molar-refractivity contribution is 7.92. The van der Waals surface area contributed by atoms with Crippen molar-refractivity contribution in [2.24, 2.45) is 0 Å². The van der Waals surface area contributed by atoms with Crippen LogP contribution in [0.15, 0.2) is 47.4 Å². The number of carbonyl (C=O) groups excluding carboxylic acids is 1. The second kappa shape index (κ2) is 8.24. The Bertz CT molecular complexity index is 929. The lowest BCUT2D eigenvalue weighted by atomic mass is 10.2. The lowest BCUT2D eigenvalue weighted by Crippen LogP contribution is -2.31. The van der Waals surface area contributed by atoms with Gasteiger partial charge in [-0.1, -0.05) is 11.6 Å². The van der Waals surface area contributed by atoms with Gasteiger partial charge in [-0.3, -0.25) is 9.52 Å². The molecule has 0 aliphatic carbocycles. The molecule has 1 fully saturated rings. The summed E-state index contributed by atoms with van der Waals surface area (Å²) in [5.74, 6) is -0.902. The van der Waals surface area contributed by atoms with Gasteiger partial charge in [0.05, 0.1) is 21.7 Å². The van der Waals surface area contributed by atoms with Crippen molar-refractivity contribution >= 4 is 33.2 Å².